The fraction of sp³-hybridized carbons (Fsp3) is 0.375. The van der Waals surface area contributed by atoms with Gasteiger partial charge in [-0.3, -0.25) is 13.9 Å². The number of hydrogen-bond acceptors (Lipinski definition) is 6. The zero-order chi connectivity index (χ0) is 31.8. The number of nitrogens with zero attached hydrogens (tertiary/aromatic N) is 2. The Morgan fingerprint density at radius 3 is 2.16 bits per heavy atom. The van der Waals surface area contributed by atoms with Crippen LogP contribution >= 0.6 is 11.6 Å². The minimum atomic E-state index is -4.22. The molecule has 0 saturated carbocycles. The molecule has 0 aliphatic carbocycles. The Morgan fingerprint density at radius 1 is 0.953 bits per heavy atom. The Kier molecular flexibility index (Phi) is 11.5. The van der Waals surface area contributed by atoms with Crippen LogP contribution in [0, 0.1) is 0 Å². The molecule has 232 valence electrons. The molecule has 0 spiro atoms. The van der Waals surface area contributed by atoms with Gasteiger partial charge in [0, 0.05) is 17.1 Å². The van der Waals surface area contributed by atoms with Crippen LogP contribution < -0.4 is 19.1 Å². The lowest BCUT2D eigenvalue weighted by Gasteiger charge is -2.34. The fourth-order valence-electron chi connectivity index (χ4n) is 4.48. The topological polar surface area (TPSA) is 105 Å². The summed E-state index contributed by atoms with van der Waals surface area (Å²) in [4.78, 5) is 29.1. The average molecular weight is 630 g/mol. The normalized spacial score (nSPS) is 12.3. The molecule has 9 nitrogen and oxygen atoms in total. The van der Waals surface area contributed by atoms with Crippen LogP contribution in [0.5, 0.6) is 11.5 Å². The Morgan fingerprint density at radius 2 is 1.60 bits per heavy atom. The molecule has 11 heteroatoms. The molecule has 0 saturated heterocycles. The summed E-state index contributed by atoms with van der Waals surface area (Å²) in [6, 6.07) is 18.5. The van der Waals surface area contributed by atoms with Gasteiger partial charge in [-0.05, 0) is 100 Å². The van der Waals surface area contributed by atoms with E-state index in [1.165, 1.54) is 29.2 Å². The monoisotopic (exact) mass is 629 g/mol. The van der Waals surface area contributed by atoms with E-state index in [-0.39, 0.29) is 23.0 Å². The molecule has 1 N–H and O–H groups in total. The maximum absolute atomic E-state index is 14.2. The van der Waals surface area contributed by atoms with Crippen LogP contribution in [0.3, 0.4) is 0 Å². The molecule has 0 aliphatic heterocycles. The van der Waals surface area contributed by atoms with Crippen LogP contribution in [0.2, 0.25) is 5.02 Å². The van der Waals surface area contributed by atoms with Crippen molar-refractivity contribution < 1.29 is 27.5 Å². The van der Waals surface area contributed by atoms with Gasteiger partial charge in [-0.15, -0.1) is 0 Å². The maximum Gasteiger partial charge on any atom is 0.264 e. The van der Waals surface area contributed by atoms with Gasteiger partial charge >= 0.3 is 0 Å². The van der Waals surface area contributed by atoms with E-state index in [9.17, 15) is 18.0 Å². The number of methoxy groups -OCH3 is 1. The minimum Gasteiger partial charge on any atom is -0.497 e. The maximum atomic E-state index is 14.2. The van der Waals surface area contributed by atoms with Gasteiger partial charge in [-0.25, -0.2) is 8.42 Å². The predicted molar refractivity (Wildman–Crippen MR) is 169 cm³/mol. The number of halogens is 1. The van der Waals surface area contributed by atoms with E-state index < -0.39 is 34.1 Å². The first-order chi connectivity index (χ1) is 20.3. The summed E-state index contributed by atoms with van der Waals surface area (Å²) in [7, 11) is -2.68. The average Bonchev–Trinajstić information content (AvgIpc) is 2.95. The smallest absolute Gasteiger partial charge is 0.264 e. The predicted octanol–water partition coefficient (Wildman–Crippen LogP) is 5.66. The van der Waals surface area contributed by atoms with Crippen molar-refractivity contribution in [3.8, 4) is 11.5 Å². The molecule has 2 amide bonds. The van der Waals surface area contributed by atoms with Crippen molar-refractivity contribution in [2.24, 2.45) is 0 Å². The number of amides is 2. The lowest BCUT2D eigenvalue weighted by atomic mass is 10.1. The van der Waals surface area contributed by atoms with Gasteiger partial charge in [0.1, 0.15) is 24.1 Å². The van der Waals surface area contributed by atoms with E-state index in [4.69, 9.17) is 21.1 Å². The summed E-state index contributed by atoms with van der Waals surface area (Å²) in [5.41, 5.74) is 0.449. The zero-order valence-corrected chi connectivity index (χ0v) is 27.0. The molecular weight excluding hydrogens is 590 g/mol. The van der Waals surface area contributed by atoms with Gasteiger partial charge in [-0.1, -0.05) is 30.7 Å². The first-order valence-electron chi connectivity index (χ1n) is 14.0. The highest BCUT2D eigenvalue weighted by Crippen LogP contribution is 2.28. The van der Waals surface area contributed by atoms with Gasteiger partial charge in [0.2, 0.25) is 11.8 Å². The molecular formula is C32H40ClN3O6S. The van der Waals surface area contributed by atoms with Crippen molar-refractivity contribution >= 4 is 39.1 Å². The van der Waals surface area contributed by atoms with Gasteiger partial charge in [-0.2, -0.15) is 0 Å². The van der Waals surface area contributed by atoms with Crippen LogP contribution in [0.4, 0.5) is 5.69 Å². The van der Waals surface area contributed by atoms with Crippen molar-refractivity contribution in [2.45, 2.75) is 64.1 Å². The van der Waals surface area contributed by atoms with Crippen LogP contribution in [0.25, 0.3) is 0 Å². The number of hydrogen-bond donors (Lipinski definition) is 1. The summed E-state index contributed by atoms with van der Waals surface area (Å²) in [6.07, 6.45) is 0.310. The number of anilines is 1. The van der Waals surface area contributed by atoms with Crippen molar-refractivity contribution in [3.05, 3.63) is 83.4 Å². The van der Waals surface area contributed by atoms with Crippen molar-refractivity contribution in [1.82, 2.24) is 10.2 Å². The van der Waals surface area contributed by atoms with Crippen molar-refractivity contribution in [2.75, 3.05) is 24.6 Å². The number of rotatable bonds is 13. The second kappa shape index (κ2) is 14.6. The minimum absolute atomic E-state index is 0.0320. The molecule has 0 radical (unpaired) electrons. The number of benzene rings is 3. The van der Waals surface area contributed by atoms with Crippen LogP contribution in [-0.4, -0.2) is 57.0 Å². The molecule has 0 aliphatic rings. The van der Waals surface area contributed by atoms with Crippen LogP contribution in [0.15, 0.2) is 77.7 Å². The van der Waals surface area contributed by atoms with E-state index >= 15 is 0 Å². The van der Waals surface area contributed by atoms with Crippen LogP contribution in [0.1, 0.15) is 46.6 Å². The van der Waals surface area contributed by atoms with Crippen molar-refractivity contribution in [3.63, 3.8) is 0 Å². The van der Waals surface area contributed by atoms with E-state index in [0.717, 1.165) is 9.87 Å². The molecule has 0 bridgehead atoms. The first kappa shape index (κ1) is 33.7. The third-order valence-corrected chi connectivity index (χ3v) is 8.53. The SMILES string of the molecule is CCOc1ccc(N(CC(=O)N(Cc2cccc(OC)c2)[C@H](CC)C(=O)NC(C)(C)C)S(=O)(=O)c2ccc(Cl)cc2)cc1. The quantitative estimate of drug-likeness (QED) is 0.261. The van der Waals surface area contributed by atoms with Gasteiger partial charge in [0.05, 0.1) is 24.3 Å². The molecule has 3 aromatic rings. The molecule has 0 heterocycles. The number of ether oxygens (including phenoxy) is 2. The lowest BCUT2D eigenvalue weighted by molar-refractivity contribution is -0.141. The number of carbonyl (C=O) groups excluding carboxylic acids is 2. The second-order valence-electron chi connectivity index (χ2n) is 10.9. The van der Waals surface area contributed by atoms with Crippen LogP contribution in [-0.2, 0) is 26.2 Å². The molecule has 43 heavy (non-hydrogen) atoms. The zero-order valence-electron chi connectivity index (χ0n) is 25.5. The Bertz CT molecular complexity index is 1490. The lowest BCUT2D eigenvalue weighted by Crippen LogP contribution is -2.55. The highest BCUT2D eigenvalue weighted by molar-refractivity contribution is 7.92. The van der Waals surface area contributed by atoms with E-state index in [1.54, 1.807) is 49.6 Å². The number of nitrogens with one attached hydrogen (secondary N) is 1. The molecule has 3 rings (SSSR count). The van der Waals surface area contributed by atoms with E-state index in [0.29, 0.717) is 29.5 Å². The Labute approximate surface area is 259 Å². The number of sulfonamides is 1. The van der Waals surface area contributed by atoms with E-state index in [1.807, 2.05) is 40.7 Å². The fourth-order valence-corrected chi connectivity index (χ4v) is 6.02. The summed E-state index contributed by atoms with van der Waals surface area (Å²) >= 11 is 6.03. The third-order valence-electron chi connectivity index (χ3n) is 6.49. The summed E-state index contributed by atoms with van der Waals surface area (Å²) in [5.74, 6) is 0.272. The van der Waals surface area contributed by atoms with E-state index in [2.05, 4.69) is 5.32 Å². The molecule has 0 unspecified atom stereocenters. The second-order valence-corrected chi connectivity index (χ2v) is 13.2. The van der Waals surface area contributed by atoms with Gasteiger partial charge in [0.15, 0.2) is 0 Å². The Balaban J connectivity index is 2.08. The largest absolute Gasteiger partial charge is 0.497 e. The number of carbonyl (C=O) groups is 2. The van der Waals surface area contributed by atoms with Gasteiger partial charge < -0.3 is 19.7 Å². The summed E-state index contributed by atoms with van der Waals surface area (Å²) in [6.45, 7) is 9.19. The summed E-state index contributed by atoms with van der Waals surface area (Å²) < 4.78 is 39.9. The molecule has 0 aromatic heterocycles. The molecule has 3 aromatic carbocycles. The highest BCUT2D eigenvalue weighted by atomic mass is 35.5. The first-order valence-corrected chi connectivity index (χ1v) is 15.9. The van der Waals surface area contributed by atoms with Gasteiger partial charge in [0.25, 0.3) is 10.0 Å². The van der Waals surface area contributed by atoms with Crippen molar-refractivity contribution in [1.29, 1.82) is 0 Å². The highest BCUT2D eigenvalue weighted by Gasteiger charge is 2.34. The Hall–Kier alpha value is -3.76. The summed E-state index contributed by atoms with van der Waals surface area (Å²) in [5, 5.41) is 3.34. The third kappa shape index (κ3) is 9.11. The molecule has 1 atom stereocenters. The standard InChI is InChI=1S/C32H40ClN3O6S/c1-7-29(31(38)34-32(3,4)5)35(21-23-10-9-11-27(20-23)41-6)30(37)22-36(25-14-16-26(17-15-25)42-8-2)43(39,40)28-18-12-24(33)13-19-28/h9-20,29H,7-8,21-22H2,1-6H3,(H,34,38)/t29-/m1/s1. The molecule has 0 fully saturated rings.